The van der Waals surface area contributed by atoms with Crippen LogP contribution in [-0.2, 0) is 0 Å². The predicted molar refractivity (Wildman–Crippen MR) is 53.0 cm³/mol. The van der Waals surface area contributed by atoms with Gasteiger partial charge >= 0.3 is 0 Å². The van der Waals surface area contributed by atoms with Crippen molar-refractivity contribution in [3.05, 3.63) is 12.2 Å². The molecular formula is C10H20N2. The molecule has 0 saturated carbocycles. The minimum absolute atomic E-state index is 0.330. The van der Waals surface area contributed by atoms with Gasteiger partial charge in [-0.05, 0) is 12.3 Å². The van der Waals surface area contributed by atoms with Gasteiger partial charge in [-0.3, -0.25) is 4.90 Å². The highest BCUT2D eigenvalue weighted by atomic mass is 15.1. The molecule has 0 bridgehead atoms. The van der Waals surface area contributed by atoms with E-state index in [1.165, 1.54) is 13.0 Å². The van der Waals surface area contributed by atoms with Gasteiger partial charge in [0, 0.05) is 25.7 Å². The molecule has 0 spiro atoms. The van der Waals surface area contributed by atoms with E-state index in [0.29, 0.717) is 12.0 Å². The third-order valence-electron chi connectivity index (χ3n) is 2.47. The van der Waals surface area contributed by atoms with Crippen LogP contribution < -0.4 is 5.73 Å². The molecule has 1 atom stereocenters. The topological polar surface area (TPSA) is 29.3 Å². The van der Waals surface area contributed by atoms with Crippen LogP contribution in [0.15, 0.2) is 12.2 Å². The van der Waals surface area contributed by atoms with Gasteiger partial charge in [-0.25, -0.2) is 0 Å². The van der Waals surface area contributed by atoms with Crippen LogP contribution >= 0.6 is 0 Å². The Kier molecular flexibility index (Phi) is 3.76. The van der Waals surface area contributed by atoms with Crippen LogP contribution in [0.5, 0.6) is 0 Å². The largest absolute Gasteiger partial charge is 0.326 e. The van der Waals surface area contributed by atoms with Crippen LogP contribution in [-0.4, -0.2) is 30.6 Å². The molecule has 0 aromatic rings. The summed E-state index contributed by atoms with van der Waals surface area (Å²) >= 11 is 0. The zero-order chi connectivity index (χ0) is 8.97. The molecule has 0 aliphatic carbocycles. The molecule has 0 aromatic heterocycles. The average molecular weight is 168 g/mol. The summed E-state index contributed by atoms with van der Waals surface area (Å²) in [6.45, 7) is 7.67. The minimum Gasteiger partial charge on any atom is -0.326 e. The average Bonchev–Trinajstić information content (AvgIpc) is 2.06. The summed E-state index contributed by atoms with van der Waals surface area (Å²) in [5, 5.41) is 0. The van der Waals surface area contributed by atoms with Crippen molar-refractivity contribution in [1.29, 1.82) is 0 Å². The molecule has 1 heterocycles. The SMILES string of the molecule is CC(C)[C@H](N)CN1CC=CCC1. The maximum Gasteiger partial charge on any atom is 0.0191 e. The quantitative estimate of drug-likeness (QED) is 0.642. The second-order valence-electron chi connectivity index (χ2n) is 3.93. The van der Waals surface area contributed by atoms with Gasteiger partial charge < -0.3 is 5.73 Å². The fourth-order valence-electron chi connectivity index (χ4n) is 1.36. The van der Waals surface area contributed by atoms with E-state index in [1.807, 2.05) is 0 Å². The van der Waals surface area contributed by atoms with Gasteiger partial charge in [-0.2, -0.15) is 0 Å². The Balaban J connectivity index is 2.25. The fourth-order valence-corrected chi connectivity index (χ4v) is 1.36. The molecule has 0 aromatic carbocycles. The van der Waals surface area contributed by atoms with E-state index in [1.54, 1.807) is 0 Å². The van der Waals surface area contributed by atoms with Crippen molar-refractivity contribution in [2.45, 2.75) is 26.3 Å². The van der Waals surface area contributed by atoms with E-state index in [-0.39, 0.29) is 0 Å². The molecule has 0 fully saturated rings. The minimum atomic E-state index is 0.330. The monoisotopic (exact) mass is 168 g/mol. The van der Waals surface area contributed by atoms with Gasteiger partial charge in [0.1, 0.15) is 0 Å². The molecule has 2 nitrogen and oxygen atoms in total. The first-order valence-corrected chi connectivity index (χ1v) is 4.83. The third kappa shape index (κ3) is 2.95. The summed E-state index contributed by atoms with van der Waals surface area (Å²) < 4.78 is 0. The molecule has 0 unspecified atom stereocenters. The normalized spacial score (nSPS) is 21.7. The van der Waals surface area contributed by atoms with Gasteiger partial charge in [-0.15, -0.1) is 0 Å². The molecule has 1 aliphatic heterocycles. The first-order valence-electron chi connectivity index (χ1n) is 4.83. The smallest absolute Gasteiger partial charge is 0.0191 e. The van der Waals surface area contributed by atoms with E-state index in [9.17, 15) is 0 Å². The second-order valence-corrected chi connectivity index (χ2v) is 3.93. The Morgan fingerprint density at radius 1 is 1.42 bits per heavy atom. The molecule has 0 saturated heterocycles. The lowest BCUT2D eigenvalue weighted by Crippen LogP contribution is -2.41. The molecule has 1 aliphatic rings. The molecule has 0 amide bonds. The summed E-state index contributed by atoms with van der Waals surface area (Å²) in [6, 6.07) is 0.330. The van der Waals surface area contributed by atoms with Crippen molar-refractivity contribution in [1.82, 2.24) is 4.90 Å². The molecule has 0 radical (unpaired) electrons. The van der Waals surface area contributed by atoms with Crippen LogP contribution in [0.1, 0.15) is 20.3 Å². The van der Waals surface area contributed by atoms with Crippen LogP contribution in [0.2, 0.25) is 0 Å². The summed E-state index contributed by atoms with van der Waals surface area (Å²) in [6.07, 6.45) is 5.67. The van der Waals surface area contributed by atoms with Crippen LogP contribution in [0.4, 0.5) is 0 Å². The first-order chi connectivity index (χ1) is 5.70. The van der Waals surface area contributed by atoms with Crippen molar-refractivity contribution in [3.8, 4) is 0 Å². The first kappa shape index (κ1) is 9.75. The standard InChI is InChI=1S/C10H20N2/c1-9(2)10(11)8-12-6-4-3-5-7-12/h3-4,9-10H,5-8,11H2,1-2H3/t10-/m1/s1. The van der Waals surface area contributed by atoms with E-state index in [0.717, 1.165) is 13.1 Å². The van der Waals surface area contributed by atoms with Gasteiger partial charge in [0.2, 0.25) is 0 Å². The van der Waals surface area contributed by atoms with Crippen LogP contribution in [0, 0.1) is 5.92 Å². The summed E-state index contributed by atoms with van der Waals surface area (Å²) in [4.78, 5) is 2.42. The highest BCUT2D eigenvalue weighted by Crippen LogP contribution is 2.05. The molecule has 70 valence electrons. The van der Waals surface area contributed by atoms with Gasteiger partial charge in [0.05, 0.1) is 0 Å². The second kappa shape index (κ2) is 4.63. The van der Waals surface area contributed by atoms with Crippen molar-refractivity contribution in [3.63, 3.8) is 0 Å². The highest BCUT2D eigenvalue weighted by Gasteiger charge is 2.13. The Morgan fingerprint density at radius 2 is 2.17 bits per heavy atom. The van der Waals surface area contributed by atoms with Crippen molar-refractivity contribution in [2.75, 3.05) is 19.6 Å². The van der Waals surface area contributed by atoms with E-state index in [2.05, 4.69) is 30.9 Å². The van der Waals surface area contributed by atoms with Gasteiger partial charge in [0.15, 0.2) is 0 Å². The van der Waals surface area contributed by atoms with E-state index < -0.39 is 0 Å². The zero-order valence-electron chi connectivity index (χ0n) is 8.16. The lowest BCUT2D eigenvalue weighted by atomic mass is 10.0. The Morgan fingerprint density at radius 3 is 2.67 bits per heavy atom. The number of hydrogen-bond acceptors (Lipinski definition) is 2. The van der Waals surface area contributed by atoms with Gasteiger partial charge in [0.25, 0.3) is 0 Å². The third-order valence-corrected chi connectivity index (χ3v) is 2.47. The Bertz CT molecular complexity index is 152. The summed E-state index contributed by atoms with van der Waals surface area (Å²) in [5.74, 6) is 0.593. The number of hydrogen-bond donors (Lipinski definition) is 1. The molecule has 2 heteroatoms. The van der Waals surface area contributed by atoms with Crippen molar-refractivity contribution >= 4 is 0 Å². The van der Waals surface area contributed by atoms with Crippen molar-refractivity contribution in [2.24, 2.45) is 11.7 Å². The van der Waals surface area contributed by atoms with Crippen LogP contribution in [0.3, 0.4) is 0 Å². The summed E-state index contributed by atoms with van der Waals surface area (Å²) in [5.41, 5.74) is 5.98. The summed E-state index contributed by atoms with van der Waals surface area (Å²) in [7, 11) is 0. The molecular weight excluding hydrogens is 148 g/mol. The Hall–Kier alpha value is -0.340. The Labute approximate surface area is 75.4 Å². The maximum atomic E-state index is 5.98. The maximum absolute atomic E-state index is 5.98. The number of rotatable bonds is 3. The fraction of sp³-hybridized carbons (Fsp3) is 0.800. The zero-order valence-corrected chi connectivity index (χ0v) is 8.16. The van der Waals surface area contributed by atoms with E-state index in [4.69, 9.17) is 5.73 Å². The molecule has 1 rings (SSSR count). The predicted octanol–water partition coefficient (Wildman–Crippen LogP) is 1.23. The van der Waals surface area contributed by atoms with Crippen molar-refractivity contribution < 1.29 is 0 Å². The van der Waals surface area contributed by atoms with E-state index >= 15 is 0 Å². The molecule has 2 N–H and O–H groups in total. The lowest BCUT2D eigenvalue weighted by Gasteiger charge is -2.27. The van der Waals surface area contributed by atoms with Gasteiger partial charge in [-0.1, -0.05) is 26.0 Å². The molecule has 12 heavy (non-hydrogen) atoms. The number of nitrogens with two attached hydrogens (primary N) is 1. The number of nitrogens with zero attached hydrogens (tertiary/aromatic N) is 1. The lowest BCUT2D eigenvalue weighted by molar-refractivity contribution is 0.257. The van der Waals surface area contributed by atoms with Crippen LogP contribution in [0.25, 0.3) is 0 Å². The highest BCUT2D eigenvalue weighted by molar-refractivity contribution is 4.91.